The number of ether oxygens (including phenoxy) is 5. The number of carbonyl (C=O) groups excluding carboxylic acids is 1. The smallest absolute Gasteiger partial charge is 0.309 e. The molecule has 0 aromatic rings. The molecule has 4 N–H and O–H groups in total. The van der Waals surface area contributed by atoms with Gasteiger partial charge in [0.05, 0.1) is 59.8 Å². The van der Waals surface area contributed by atoms with Crippen LogP contribution >= 0.6 is 0 Å². The van der Waals surface area contributed by atoms with Crippen LogP contribution in [0.1, 0.15) is 140 Å². The van der Waals surface area contributed by atoms with Crippen molar-refractivity contribution >= 4 is 11.8 Å². The minimum atomic E-state index is -1.27. The molecular formula is C44H76O11. The number of hydrogen-bond acceptors (Lipinski definition) is 10. The Hall–Kier alpha value is -1.44. The Kier molecular flexibility index (Phi) is 16.1. The highest BCUT2D eigenvalue weighted by molar-refractivity contribution is 5.84. The van der Waals surface area contributed by atoms with E-state index in [9.17, 15) is 30.0 Å². The summed E-state index contributed by atoms with van der Waals surface area (Å²) in [7, 11) is 1.55. The van der Waals surface area contributed by atoms with Gasteiger partial charge in [0.2, 0.25) is 0 Å². The van der Waals surface area contributed by atoms with Crippen LogP contribution in [0.2, 0.25) is 0 Å². The minimum Gasteiger partial charge on any atom is -0.481 e. The molecule has 4 heterocycles. The molecule has 318 valence electrons. The zero-order chi connectivity index (χ0) is 41.0. The molecule has 0 bridgehead atoms. The lowest BCUT2D eigenvalue weighted by atomic mass is 9.72. The fraction of sp³-hybridized carbons (Fsp3) is 0.909. The first-order chi connectivity index (χ1) is 25.8. The summed E-state index contributed by atoms with van der Waals surface area (Å²) in [4.78, 5) is 26.3. The molecule has 0 amide bonds. The van der Waals surface area contributed by atoms with Gasteiger partial charge in [-0.1, -0.05) is 67.5 Å². The van der Waals surface area contributed by atoms with Crippen molar-refractivity contribution in [2.45, 2.75) is 206 Å². The molecule has 4 saturated heterocycles. The van der Waals surface area contributed by atoms with Crippen LogP contribution in [0.4, 0.5) is 0 Å². The van der Waals surface area contributed by atoms with E-state index in [1.807, 2.05) is 54.5 Å². The quantitative estimate of drug-likeness (QED) is 0.114. The van der Waals surface area contributed by atoms with E-state index in [0.29, 0.717) is 57.8 Å². The largest absolute Gasteiger partial charge is 0.481 e. The van der Waals surface area contributed by atoms with Crippen LogP contribution in [0.15, 0.2) is 12.2 Å². The number of Topliss-reactive ketones (excluding diaryl/α,β-unsaturated/α-hetero) is 1. The van der Waals surface area contributed by atoms with Crippen LogP contribution < -0.4 is 0 Å². The molecule has 11 heteroatoms. The summed E-state index contributed by atoms with van der Waals surface area (Å²) < 4.78 is 32.1. The first-order valence-electron chi connectivity index (χ1n) is 21.6. The van der Waals surface area contributed by atoms with Gasteiger partial charge in [-0.25, -0.2) is 0 Å². The lowest BCUT2D eigenvalue weighted by Crippen LogP contribution is -2.56. The molecule has 0 saturated carbocycles. The number of aliphatic carboxylic acids is 1. The second-order valence-corrected chi connectivity index (χ2v) is 18.1. The van der Waals surface area contributed by atoms with Crippen LogP contribution in [0, 0.1) is 41.4 Å². The molecule has 10 unspecified atom stereocenters. The molecule has 0 spiro atoms. The summed E-state index contributed by atoms with van der Waals surface area (Å²) in [5.41, 5.74) is -1.56. The van der Waals surface area contributed by atoms with E-state index in [-0.39, 0.29) is 60.0 Å². The minimum absolute atomic E-state index is 0.0341. The predicted molar refractivity (Wildman–Crippen MR) is 210 cm³/mol. The van der Waals surface area contributed by atoms with Crippen molar-refractivity contribution in [1.29, 1.82) is 0 Å². The maximum atomic E-state index is 14.4. The van der Waals surface area contributed by atoms with Crippen molar-refractivity contribution in [3.05, 3.63) is 12.2 Å². The predicted octanol–water partition coefficient (Wildman–Crippen LogP) is 6.87. The van der Waals surface area contributed by atoms with Gasteiger partial charge in [-0.2, -0.15) is 0 Å². The van der Waals surface area contributed by atoms with E-state index in [2.05, 4.69) is 20.8 Å². The van der Waals surface area contributed by atoms with Gasteiger partial charge in [0.15, 0.2) is 5.79 Å². The summed E-state index contributed by atoms with van der Waals surface area (Å²) in [6, 6.07) is 0. The van der Waals surface area contributed by atoms with Crippen molar-refractivity contribution in [2.24, 2.45) is 41.4 Å². The summed E-state index contributed by atoms with van der Waals surface area (Å²) in [5.74, 6) is -3.82. The zero-order valence-electron chi connectivity index (χ0n) is 35.7. The Balaban J connectivity index is 1.44. The summed E-state index contributed by atoms with van der Waals surface area (Å²) >= 11 is 0. The third-order valence-electron chi connectivity index (χ3n) is 14.6. The molecule has 0 radical (unpaired) electrons. The highest BCUT2D eigenvalue weighted by Gasteiger charge is 2.57. The zero-order valence-corrected chi connectivity index (χ0v) is 35.7. The van der Waals surface area contributed by atoms with Crippen molar-refractivity contribution < 1.29 is 53.7 Å². The lowest BCUT2D eigenvalue weighted by molar-refractivity contribution is -0.300. The van der Waals surface area contributed by atoms with Gasteiger partial charge >= 0.3 is 5.97 Å². The Bertz CT molecular complexity index is 1290. The molecule has 11 nitrogen and oxygen atoms in total. The van der Waals surface area contributed by atoms with Crippen LogP contribution in [0.5, 0.6) is 0 Å². The van der Waals surface area contributed by atoms with Gasteiger partial charge < -0.3 is 44.1 Å². The second-order valence-electron chi connectivity index (χ2n) is 18.1. The SMILES string of the molecule is CCC(C(=O)O)C1CC[C@H](C)C([C@@H](CC)[C@H](O)C(C)C(=O)C(CC)C2OC(/C=C\[C@@H](O)[C@@]3(OC)CC[C@@](C)(C4CC[C@](O)(CC)[C@H](C)O4)O3)C(C)CC2C)O1. The summed E-state index contributed by atoms with van der Waals surface area (Å²) in [6.07, 6.45) is 6.41. The normalized spacial score (nSPS) is 42.0. The molecule has 0 aliphatic carbocycles. The lowest BCUT2D eigenvalue weighted by Gasteiger charge is -2.46. The van der Waals surface area contributed by atoms with Crippen molar-refractivity contribution in [3.8, 4) is 0 Å². The van der Waals surface area contributed by atoms with E-state index in [1.165, 1.54) is 0 Å². The first kappa shape index (κ1) is 46.3. The Morgan fingerprint density at radius 1 is 0.855 bits per heavy atom. The van der Waals surface area contributed by atoms with Crippen LogP contribution in [-0.2, 0) is 33.3 Å². The van der Waals surface area contributed by atoms with E-state index in [4.69, 9.17) is 23.7 Å². The molecule has 4 fully saturated rings. The van der Waals surface area contributed by atoms with Crippen molar-refractivity contribution in [3.63, 3.8) is 0 Å². The molecule has 0 aromatic heterocycles. The van der Waals surface area contributed by atoms with Gasteiger partial charge in [-0.3, -0.25) is 9.59 Å². The van der Waals surface area contributed by atoms with Crippen molar-refractivity contribution in [1.82, 2.24) is 0 Å². The fourth-order valence-corrected chi connectivity index (χ4v) is 10.5. The number of carboxylic acid groups (broad SMARTS) is 1. The third-order valence-corrected chi connectivity index (χ3v) is 14.6. The molecule has 4 aliphatic rings. The topological polar surface area (TPSA) is 161 Å². The molecule has 18 atom stereocenters. The van der Waals surface area contributed by atoms with Crippen LogP contribution in [0.25, 0.3) is 0 Å². The van der Waals surface area contributed by atoms with Gasteiger partial charge in [0.25, 0.3) is 0 Å². The van der Waals surface area contributed by atoms with E-state index >= 15 is 0 Å². The number of carbonyl (C=O) groups is 2. The highest BCUT2D eigenvalue weighted by atomic mass is 16.7. The standard InChI is InChI=1S/C44H76O11/c1-12-30(41(48)49)34-17-16-25(5)39(54-34)31(13-2)37(46)28(8)38(47)32(14-3)40-27(7)24-26(6)33(53-40)18-19-35(45)44(51-11)23-22-42(10,55-44)36-20-21-43(50,15-4)29(9)52-36/h18-19,25-37,39-40,45-46,50H,12-17,20-24H2,1-11H3,(H,48,49)/b19-18-/t25-,26?,27?,28?,29-,30?,31-,32?,33?,34?,35+,36?,37+,39?,40?,42-,43+,44+/m0/s1. The number of ketones is 1. The molecular weight excluding hydrogens is 704 g/mol. The number of aliphatic hydroxyl groups excluding tert-OH is 2. The van der Waals surface area contributed by atoms with E-state index in [0.717, 1.165) is 12.8 Å². The highest BCUT2D eigenvalue weighted by Crippen LogP contribution is 2.48. The second kappa shape index (κ2) is 19.1. The summed E-state index contributed by atoms with van der Waals surface area (Å²) in [5, 5.41) is 44.2. The number of methoxy groups -OCH3 is 1. The average Bonchev–Trinajstić information content (AvgIpc) is 3.53. The van der Waals surface area contributed by atoms with Gasteiger partial charge in [0.1, 0.15) is 11.9 Å². The molecule has 55 heavy (non-hydrogen) atoms. The molecule has 4 rings (SSSR count). The average molecular weight is 781 g/mol. The Morgan fingerprint density at radius 3 is 2.09 bits per heavy atom. The van der Waals surface area contributed by atoms with Gasteiger partial charge in [0, 0.05) is 31.3 Å². The third kappa shape index (κ3) is 9.72. The number of rotatable bonds is 17. The Labute approximate surface area is 331 Å². The fourth-order valence-electron chi connectivity index (χ4n) is 10.5. The summed E-state index contributed by atoms with van der Waals surface area (Å²) in [6.45, 7) is 19.9. The maximum absolute atomic E-state index is 14.4. The van der Waals surface area contributed by atoms with Crippen LogP contribution in [-0.4, -0.2) is 105 Å². The number of carboxylic acids is 1. The maximum Gasteiger partial charge on any atom is 0.309 e. The van der Waals surface area contributed by atoms with Crippen LogP contribution in [0.3, 0.4) is 0 Å². The monoisotopic (exact) mass is 781 g/mol. The molecule has 0 aromatic carbocycles. The number of hydrogen-bond donors (Lipinski definition) is 4. The van der Waals surface area contributed by atoms with Crippen molar-refractivity contribution in [2.75, 3.05) is 7.11 Å². The van der Waals surface area contributed by atoms with Gasteiger partial charge in [-0.15, -0.1) is 0 Å². The van der Waals surface area contributed by atoms with Gasteiger partial charge in [-0.05, 0) is 95.8 Å². The van der Waals surface area contributed by atoms with E-state index in [1.54, 1.807) is 13.2 Å². The van der Waals surface area contributed by atoms with E-state index < -0.39 is 59.0 Å². The molecule has 4 aliphatic heterocycles. The first-order valence-corrected chi connectivity index (χ1v) is 21.6. The Morgan fingerprint density at radius 2 is 1.53 bits per heavy atom. The number of aliphatic hydroxyl groups is 3.